The van der Waals surface area contributed by atoms with Gasteiger partial charge in [-0.1, -0.05) is 24.3 Å². The van der Waals surface area contributed by atoms with Crippen molar-refractivity contribution in [1.29, 1.82) is 0 Å². The molecule has 1 heterocycles. The van der Waals surface area contributed by atoms with Crippen LogP contribution in [0.15, 0.2) is 30.6 Å². The number of aromatic nitrogens is 3. The summed E-state index contributed by atoms with van der Waals surface area (Å²) in [5.74, 6) is 0.869. The van der Waals surface area contributed by atoms with Crippen LogP contribution in [-0.2, 0) is 6.54 Å². The monoisotopic (exact) mass is 216 g/mol. The summed E-state index contributed by atoms with van der Waals surface area (Å²) in [5.41, 5.74) is 2.62. The standard InChI is InChI=1S/C12H16N4/c1-9-5-3-4-6-11(9)7-13-10(2)12-14-8-15-16-12/h3-6,8,10,13H,7H2,1-2H3,(H,14,15,16). The molecule has 16 heavy (non-hydrogen) atoms. The van der Waals surface area contributed by atoms with E-state index < -0.39 is 0 Å². The van der Waals surface area contributed by atoms with Crippen molar-refractivity contribution in [2.24, 2.45) is 0 Å². The summed E-state index contributed by atoms with van der Waals surface area (Å²) in [4.78, 5) is 4.12. The van der Waals surface area contributed by atoms with Gasteiger partial charge in [-0.05, 0) is 25.0 Å². The fourth-order valence-corrected chi connectivity index (χ4v) is 1.59. The zero-order valence-electron chi connectivity index (χ0n) is 9.57. The second-order valence-corrected chi connectivity index (χ2v) is 3.90. The Morgan fingerprint density at radius 1 is 1.38 bits per heavy atom. The highest BCUT2D eigenvalue weighted by Crippen LogP contribution is 2.10. The number of nitrogens with zero attached hydrogens (tertiary/aromatic N) is 2. The first-order valence-corrected chi connectivity index (χ1v) is 5.40. The van der Waals surface area contributed by atoms with Gasteiger partial charge < -0.3 is 5.32 Å². The van der Waals surface area contributed by atoms with Crippen molar-refractivity contribution in [2.45, 2.75) is 26.4 Å². The van der Waals surface area contributed by atoms with E-state index in [0.717, 1.165) is 12.4 Å². The quantitative estimate of drug-likeness (QED) is 0.821. The lowest BCUT2D eigenvalue weighted by atomic mass is 10.1. The Bertz CT molecular complexity index is 436. The average molecular weight is 216 g/mol. The molecule has 0 bridgehead atoms. The molecule has 2 N–H and O–H groups in total. The Kier molecular flexibility index (Phi) is 3.31. The van der Waals surface area contributed by atoms with Gasteiger partial charge in [-0.15, -0.1) is 0 Å². The van der Waals surface area contributed by atoms with Gasteiger partial charge in [-0.25, -0.2) is 4.98 Å². The second-order valence-electron chi connectivity index (χ2n) is 3.90. The van der Waals surface area contributed by atoms with Crippen LogP contribution >= 0.6 is 0 Å². The fourth-order valence-electron chi connectivity index (χ4n) is 1.59. The molecule has 1 unspecified atom stereocenters. The van der Waals surface area contributed by atoms with Crippen LogP contribution in [0.2, 0.25) is 0 Å². The topological polar surface area (TPSA) is 53.6 Å². The summed E-state index contributed by atoms with van der Waals surface area (Å²) < 4.78 is 0. The van der Waals surface area contributed by atoms with Gasteiger partial charge in [0.25, 0.3) is 0 Å². The highest BCUT2D eigenvalue weighted by molar-refractivity contribution is 5.25. The van der Waals surface area contributed by atoms with Crippen LogP contribution in [0.25, 0.3) is 0 Å². The maximum absolute atomic E-state index is 4.12. The molecule has 0 saturated heterocycles. The molecule has 4 nitrogen and oxygen atoms in total. The maximum atomic E-state index is 4.12. The lowest BCUT2D eigenvalue weighted by Crippen LogP contribution is -2.19. The highest BCUT2D eigenvalue weighted by atomic mass is 15.2. The normalized spacial score (nSPS) is 12.6. The van der Waals surface area contributed by atoms with Gasteiger partial charge in [0, 0.05) is 6.54 Å². The lowest BCUT2D eigenvalue weighted by Gasteiger charge is -2.12. The van der Waals surface area contributed by atoms with E-state index >= 15 is 0 Å². The van der Waals surface area contributed by atoms with Gasteiger partial charge in [-0.3, -0.25) is 5.10 Å². The van der Waals surface area contributed by atoms with Crippen molar-refractivity contribution in [2.75, 3.05) is 0 Å². The third-order valence-corrected chi connectivity index (χ3v) is 2.70. The van der Waals surface area contributed by atoms with E-state index in [1.165, 1.54) is 17.5 Å². The summed E-state index contributed by atoms with van der Waals surface area (Å²) >= 11 is 0. The molecule has 0 spiro atoms. The van der Waals surface area contributed by atoms with Crippen molar-refractivity contribution in [1.82, 2.24) is 20.5 Å². The predicted octanol–water partition coefficient (Wildman–Crippen LogP) is 1.96. The minimum Gasteiger partial charge on any atom is -0.303 e. The van der Waals surface area contributed by atoms with Gasteiger partial charge in [0.1, 0.15) is 12.2 Å². The molecule has 4 heteroatoms. The number of hydrogen-bond acceptors (Lipinski definition) is 3. The van der Waals surface area contributed by atoms with Crippen LogP contribution in [0.3, 0.4) is 0 Å². The van der Waals surface area contributed by atoms with E-state index in [2.05, 4.69) is 58.6 Å². The van der Waals surface area contributed by atoms with Crippen LogP contribution in [0, 0.1) is 6.92 Å². The summed E-state index contributed by atoms with van der Waals surface area (Å²) in [7, 11) is 0. The van der Waals surface area contributed by atoms with Crippen molar-refractivity contribution in [3.63, 3.8) is 0 Å². The smallest absolute Gasteiger partial charge is 0.141 e. The molecule has 0 aliphatic rings. The van der Waals surface area contributed by atoms with Gasteiger partial charge >= 0.3 is 0 Å². The van der Waals surface area contributed by atoms with Gasteiger partial charge in [-0.2, -0.15) is 5.10 Å². The van der Waals surface area contributed by atoms with E-state index in [-0.39, 0.29) is 6.04 Å². The van der Waals surface area contributed by atoms with Gasteiger partial charge in [0.15, 0.2) is 0 Å². The third kappa shape index (κ3) is 2.46. The molecule has 2 rings (SSSR count). The number of nitrogens with one attached hydrogen (secondary N) is 2. The molecule has 0 aliphatic heterocycles. The van der Waals surface area contributed by atoms with Crippen molar-refractivity contribution in [3.8, 4) is 0 Å². The summed E-state index contributed by atoms with van der Waals surface area (Å²) in [6, 6.07) is 8.55. The Labute approximate surface area is 95.1 Å². The van der Waals surface area contributed by atoms with Crippen molar-refractivity contribution < 1.29 is 0 Å². The molecular weight excluding hydrogens is 200 g/mol. The van der Waals surface area contributed by atoms with E-state index in [0.29, 0.717) is 0 Å². The number of benzene rings is 1. The zero-order valence-corrected chi connectivity index (χ0v) is 9.57. The minimum absolute atomic E-state index is 0.183. The minimum atomic E-state index is 0.183. The zero-order chi connectivity index (χ0) is 11.4. The van der Waals surface area contributed by atoms with Crippen LogP contribution in [0.5, 0.6) is 0 Å². The predicted molar refractivity (Wildman–Crippen MR) is 62.8 cm³/mol. The number of aryl methyl sites for hydroxylation is 1. The first-order chi connectivity index (χ1) is 7.77. The molecule has 84 valence electrons. The Morgan fingerprint density at radius 2 is 2.19 bits per heavy atom. The first kappa shape index (κ1) is 10.8. The maximum Gasteiger partial charge on any atom is 0.141 e. The molecule has 1 atom stereocenters. The summed E-state index contributed by atoms with van der Waals surface area (Å²) in [6.07, 6.45) is 1.53. The molecular formula is C12H16N4. The van der Waals surface area contributed by atoms with E-state index in [4.69, 9.17) is 0 Å². The van der Waals surface area contributed by atoms with Crippen LogP contribution in [-0.4, -0.2) is 15.2 Å². The molecule has 0 fully saturated rings. The summed E-state index contributed by atoms with van der Waals surface area (Å²) in [5, 5.41) is 10.1. The van der Waals surface area contributed by atoms with E-state index in [1.807, 2.05) is 0 Å². The third-order valence-electron chi connectivity index (χ3n) is 2.70. The SMILES string of the molecule is Cc1ccccc1CNC(C)c1ncn[nH]1. The number of aromatic amines is 1. The van der Waals surface area contributed by atoms with Crippen LogP contribution < -0.4 is 5.32 Å². The van der Waals surface area contributed by atoms with Gasteiger partial charge in [0.05, 0.1) is 6.04 Å². The van der Waals surface area contributed by atoms with Gasteiger partial charge in [0.2, 0.25) is 0 Å². The van der Waals surface area contributed by atoms with Crippen LogP contribution in [0.4, 0.5) is 0 Å². The molecule has 0 radical (unpaired) electrons. The van der Waals surface area contributed by atoms with E-state index in [9.17, 15) is 0 Å². The fraction of sp³-hybridized carbons (Fsp3) is 0.333. The summed E-state index contributed by atoms with van der Waals surface area (Å²) in [6.45, 7) is 5.03. The molecule has 1 aromatic heterocycles. The molecule has 0 aliphatic carbocycles. The Hall–Kier alpha value is -1.68. The van der Waals surface area contributed by atoms with Crippen LogP contribution in [0.1, 0.15) is 29.9 Å². The Balaban J connectivity index is 1.95. The Morgan fingerprint density at radius 3 is 2.88 bits per heavy atom. The molecule has 1 aromatic carbocycles. The number of H-pyrrole nitrogens is 1. The molecule has 0 saturated carbocycles. The second kappa shape index (κ2) is 4.90. The number of rotatable bonds is 4. The van der Waals surface area contributed by atoms with E-state index in [1.54, 1.807) is 0 Å². The lowest BCUT2D eigenvalue weighted by molar-refractivity contribution is 0.547. The molecule has 2 aromatic rings. The molecule has 0 amide bonds. The highest BCUT2D eigenvalue weighted by Gasteiger charge is 2.07. The first-order valence-electron chi connectivity index (χ1n) is 5.40. The van der Waals surface area contributed by atoms with Crippen molar-refractivity contribution in [3.05, 3.63) is 47.5 Å². The largest absolute Gasteiger partial charge is 0.303 e. The van der Waals surface area contributed by atoms with Crippen molar-refractivity contribution >= 4 is 0 Å². The average Bonchev–Trinajstić information content (AvgIpc) is 2.81. The number of hydrogen-bond donors (Lipinski definition) is 2.